The van der Waals surface area contributed by atoms with Crippen LogP contribution in [0.5, 0.6) is 0 Å². The van der Waals surface area contributed by atoms with Crippen LogP contribution in [0.3, 0.4) is 0 Å². The van der Waals surface area contributed by atoms with Crippen molar-refractivity contribution in [2.24, 2.45) is 28.6 Å². The molecule has 4 rings (SSSR count). The second kappa shape index (κ2) is 11.2. The zero-order valence-electron chi connectivity index (χ0n) is 24.0. The first-order valence-corrected chi connectivity index (χ1v) is 15.4. The van der Waals surface area contributed by atoms with Crippen molar-refractivity contribution in [3.8, 4) is 0 Å². The number of ketones is 2. The third kappa shape index (κ3) is 4.52. The number of thioether (sulfide) groups is 1. The Bertz CT molecular complexity index is 1160. The number of carbonyl (C=O) groups is 4. The van der Waals surface area contributed by atoms with Gasteiger partial charge < -0.3 is 14.6 Å². The molecular formula is C31H41FO7S. The van der Waals surface area contributed by atoms with E-state index in [9.17, 15) is 24.3 Å². The second-order valence-corrected chi connectivity index (χ2v) is 13.0. The van der Waals surface area contributed by atoms with Crippen LogP contribution in [-0.4, -0.2) is 58.3 Å². The van der Waals surface area contributed by atoms with Crippen molar-refractivity contribution in [3.63, 3.8) is 0 Å². The van der Waals surface area contributed by atoms with E-state index in [0.717, 1.165) is 11.8 Å². The molecule has 3 saturated carbocycles. The minimum absolute atomic E-state index is 0.0566. The lowest BCUT2D eigenvalue weighted by Gasteiger charge is -2.62. The smallest absolute Gasteiger partial charge is 0.331 e. The number of Topliss-reactive ketones (excluding diaryl/α,β-unsaturated/α-hetero) is 1. The summed E-state index contributed by atoms with van der Waals surface area (Å²) in [5, 5.41) is 13.2. The summed E-state index contributed by atoms with van der Waals surface area (Å²) in [6.45, 7) is 9.29. The van der Waals surface area contributed by atoms with Gasteiger partial charge in [-0.1, -0.05) is 32.4 Å². The van der Waals surface area contributed by atoms with Crippen molar-refractivity contribution in [1.82, 2.24) is 0 Å². The van der Waals surface area contributed by atoms with Crippen LogP contribution in [0.2, 0.25) is 0 Å². The van der Waals surface area contributed by atoms with Gasteiger partial charge in [-0.3, -0.25) is 14.4 Å². The number of rotatable bonds is 9. The molecule has 220 valence electrons. The van der Waals surface area contributed by atoms with Crippen molar-refractivity contribution in [1.29, 1.82) is 0 Å². The number of fused-ring (bicyclic) bond motifs is 5. The van der Waals surface area contributed by atoms with Crippen molar-refractivity contribution in [2.75, 3.05) is 12.4 Å². The number of hydrogen-bond donors (Lipinski definition) is 1. The summed E-state index contributed by atoms with van der Waals surface area (Å²) in [6.07, 6.45) is 6.32. The molecule has 0 aliphatic heterocycles. The van der Waals surface area contributed by atoms with Crippen molar-refractivity contribution in [3.05, 3.63) is 35.3 Å². The van der Waals surface area contributed by atoms with Gasteiger partial charge in [0, 0.05) is 35.2 Å². The average Bonchev–Trinajstić information content (AvgIpc) is 3.10. The lowest BCUT2D eigenvalue weighted by molar-refractivity contribution is -0.227. The summed E-state index contributed by atoms with van der Waals surface area (Å²) >= 11 is 1.11. The Balaban J connectivity index is 1.72. The molecule has 7 nitrogen and oxygen atoms in total. The van der Waals surface area contributed by atoms with E-state index in [1.165, 1.54) is 23.6 Å². The molecule has 8 atom stereocenters. The molecule has 0 heterocycles. The molecular weight excluding hydrogens is 535 g/mol. The predicted octanol–water partition coefficient (Wildman–Crippen LogP) is 5.06. The van der Waals surface area contributed by atoms with E-state index in [1.807, 2.05) is 20.8 Å². The fraction of sp³-hybridized carbons (Fsp3) is 0.677. The molecule has 0 saturated heterocycles. The Morgan fingerprint density at radius 3 is 2.62 bits per heavy atom. The van der Waals surface area contributed by atoms with Gasteiger partial charge in [0.05, 0.1) is 18.5 Å². The van der Waals surface area contributed by atoms with E-state index in [-0.39, 0.29) is 42.7 Å². The lowest BCUT2D eigenvalue weighted by atomic mass is 9.44. The SMILES string of the molecule is CCCC(=O)O[C@]1(C(=O)CS/C=C/C(=O)OCC)[C@@H](C)C[C@H]2[C@@H]3CCC4=CC(=O)C=C[C@]4(C)[C@@]3(F)[C@@H](O)C[C@@]21C. The number of aliphatic hydroxyl groups is 1. The first-order chi connectivity index (χ1) is 18.8. The summed E-state index contributed by atoms with van der Waals surface area (Å²) in [6, 6.07) is 0. The summed E-state index contributed by atoms with van der Waals surface area (Å²) < 4.78 is 28.6. The predicted molar refractivity (Wildman–Crippen MR) is 150 cm³/mol. The molecule has 0 aromatic heterocycles. The first-order valence-electron chi connectivity index (χ1n) is 14.3. The Morgan fingerprint density at radius 1 is 1.23 bits per heavy atom. The fourth-order valence-electron chi connectivity index (χ4n) is 8.36. The van der Waals surface area contributed by atoms with Crippen LogP contribution in [0, 0.1) is 28.6 Å². The maximum absolute atomic E-state index is 17.5. The van der Waals surface area contributed by atoms with Crippen LogP contribution < -0.4 is 0 Å². The summed E-state index contributed by atoms with van der Waals surface area (Å²) in [5.74, 6) is -2.89. The largest absolute Gasteiger partial charge is 0.463 e. The van der Waals surface area contributed by atoms with Gasteiger partial charge in [0.25, 0.3) is 0 Å². The summed E-state index contributed by atoms with van der Waals surface area (Å²) in [7, 11) is 0. The molecule has 0 amide bonds. The number of halogens is 1. The Kier molecular flexibility index (Phi) is 8.59. The highest BCUT2D eigenvalue weighted by Crippen LogP contribution is 2.71. The molecule has 4 aliphatic rings. The number of carbonyl (C=O) groups excluding carboxylic acids is 4. The van der Waals surface area contributed by atoms with Gasteiger partial charge in [0.15, 0.2) is 22.8 Å². The quantitative estimate of drug-likeness (QED) is 0.300. The normalized spacial score (nSPS) is 40.2. The van der Waals surface area contributed by atoms with Gasteiger partial charge in [-0.15, -0.1) is 11.8 Å². The zero-order chi connectivity index (χ0) is 29.5. The monoisotopic (exact) mass is 576 g/mol. The first kappa shape index (κ1) is 30.7. The number of hydrogen-bond acceptors (Lipinski definition) is 8. The van der Waals surface area contributed by atoms with Gasteiger partial charge >= 0.3 is 11.9 Å². The van der Waals surface area contributed by atoms with E-state index >= 15 is 4.39 Å². The molecule has 0 spiro atoms. The molecule has 0 aromatic rings. The Labute approximate surface area is 240 Å². The minimum Gasteiger partial charge on any atom is -0.463 e. The van der Waals surface area contributed by atoms with E-state index in [2.05, 4.69) is 0 Å². The molecule has 0 unspecified atom stereocenters. The molecule has 3 fully saturated rings. The van der Waals surface area contributed by atoms with E-state index in [0.29, 0.717) is 31.3 Å². The highest BCUT2D eigenvalue weighted by Gasteiger charge is 2.77. The Morgan fingerprint density at radius 2 is 1.95 bits per heavy atom. The fourth-order valence-corrected chi connectivity index (χ4v) is 9.03. The van der Waals surface area contributed by atoms with Gasteiger partial charge in [-0.2, -0.15) is 0 Å². The van der Waals surface area contributed by atoms with Crippen LogP contribution in [0.4, 0.5) is 4.39 Å². The molecule has 4 aliphatic carbocycles. The minimum atomic E-state index is -2.04. The van der Waals surface area contributed by atoms with Crippen LogP contribution in [0.1, 0.15) is 73.1 Å². The number of allylic oxidation sites excluding steroid dienone is 4. The van der Waals surface area contributed by atoms with Gasteiger partial charge in [0.2, 0.25) is 0 Å². The van der Waals surface area contributed by atoms with Gasteiger partial charge in [-0.25, -0.2) is 9.18 Å². The maximum Gasteiger partial charge on any atom is 0.331 e. The van der Waals surface area contributed by atoms with E-state index in [1.54, 1.807) is 19.9 Å². The standard InChI is InChI=1S/C31H41FO7S/c1-6-8-27(37)39-31(25(35)18-40-14-12-26(36)38-7-2)19(3)15-23-22-10-9-20-16-21(33)11-13-28(20,4)30(22,32)24(34)17-29(23,31)5/h11-14,16,19,22-24,34H,6-10,15,17-18H2,1-5H3/b14-12+/t19-,22-,23-,24-,28-,29-,30-,31-/m0/s1. The molecule has 0 radical (unpaired) electrons. The van der Waals surface area contributed by atoms with Gasteiger partial charge in [0.1, 0.15) is 0 Å². The van der Waals surface area contributed by atoms with Crippen LogP contribution in [-0.2, 0) is 28.7 Å². The molecule has 0 bridgehead atoms. The topological polar surface area (TPSA) is 107 Å². The molecule has 9 heteroatoms. The van der Waals surface area contributed by atoms with Crippen molar-refractivity contribution in [2.45, 2.75) is 90.5 Å². The summed E-state index contributed by atoms with van der Waals surface area (Å²) in [5.41, 5.74) is -5.05. The highest BCUT2D eigenvalue weighted by atomic mass is 32.2. The number of esters is 2. The van der Waals surface area contributed by atoms with Crippen LogP contribution in [0.25, 0.3) is 0 Å². The molecule has 40 heavy (non-hydrogen) atoms. The van der Waals surface area contributed by atoms with E-state index in [4.69, 9.17) is 9.47 Å². The van der Waals surface area contributed by atoms with Crippen LogP contribution in [0.15, 0.2) is 35.3 Å². The van der Waals surface area contributed by atoms with Crippen molar-refractivity contribution >= 4 is 35.3 Å². The van der Waals surface area contributed by atoms with E-state index < -0.39 is 52.0 Å². The molecule has 1 N–H and O–H groups in total. The Hall–Kier alpha value is -2.26. The summed E-state index contributed by atoms with van der Waals surface area (Å²) in [4.78, 5) is 51.0. The maximum atomic E-state index is 17.5. The third-order valence-electron chi connectivity index (χ3n) is 10.1. The second-order valence-electron chi connectivity index (χ2n) is 12.2. The highest BCUT2D eigenvalue weighted by molar-refractivity contribution is 8.02. The molecule has 0 aromatic carbocycles. The average molecular weight is 577 g/mol. The van der Waals surface area contributed by atoms with Crippen molar-refractivity contribution < 1.29 is 38.1 Å². The zero-order valence-corrected chi connectivity index (χ0v) is 24.9. The van der Waals surface area contributed by atoms with Crippen LogP contribution >= 0.6 is 11.8 Å². The van der Waals surface area contributed by atoms with Gasteiger partial charge in [-0.05, 0) is 69.4 Å². The number of ether oxygens (including phenoxy) is 2. The number of alkyl halides is 1. The third-order valence-corrected chi connectivity index (χ3v) is 10.9. The number of aliphatic hydroxyl groups excluding tert-OH is 1. The lowest BCUT2D eigenvalue weighted by Crippen LogP contribution is -2.70.